The van der Waals surface area contributed by atoms with E-state index in [1.165, 1.54) is 22.3 Å². The first-order chi connectivity index (χ1) is 12.3. The van der Waals surface area contributed by atoms with Crippen LogP contribution in [0.1, 0.15) is 28.7 Å². The Hall–Kier alpha value is -2.67. The Bertz CT molecular complexity index is 823. The first-order valence-electron chi connectivity index (χ1n) is 8.97. The van der Waals surface area contributed by atoms with Crippen LogP contribution in [0.2, 0.25) is 0 Å². The molecular weight excluding hydrogens is 304 g/mol. The van der Waals surface area contributed by atoms with E-state index in [0.29, 0.717) is 12.2 Å². The van der Waals surface area contributed by atoms with Crippen molar-refractivity contribution in [3.63, 3.8) is 0 Å². The van der Waals surface area contributed by atoms with Crippen molar-refractivity contribution < 1.29 is 4.79 Å². The molecule has 124 valence electrons. The Morgan fingerprint density at radius 3 is 1.76 bits per heavy atom. The molecular formula is C24H22O. The predicted molar refractivity (Wildman–Crippen MR) is 102 cm³/mol. The van der Waals surface area contributed by atoms with Crippen molar-refractivity contribution in [1.82, 2.24) is 0 Å². The van der Waals surface area contributed by atoms with Gasteiger partial charge < -0.3 is 0 Å². The van der Waals surface area contributed by atoms with Gasteiger partial charge in [-0.05, 0) is 41.5 Å². The fourth-order valence-corrected chi connectivity index (χ4v) is 4.18. The molecule has 0 fully saturated rings. The van der Waals surface area contributed by atoms with Gasteiger partial charge in [0.05, 0.1) is 5.41 Å². The van der Waals surface area contributed by atoms with Gasteiger partial charge in [-0.2, -0.15) is 0 Å². The van der Waals surface area contributed by atoms with Gasteiger partial charge in [0.15, 0.2) is 0 Å². The topological polar surface area (TPSA) is 17.1 Å². The highest BCUT2D eigenvalue weighted by Crippen LogP contribution is 2.40. The van der Waals surface area contributed by atoms with Crippen LogP contribution in [-0.2, 0) is 29.5 Å². The van der Waals surface area contributed by atoms with E-state index < -0.39 is 5.41 Å². The second-order valence-electron chi connectivity index (χ2n) is 6.99. The van der Waals surface area contributed by atoms with Crippen molar-refractivity contribution in [1.29, 1.82) is 0 Å². The van der Waals surface area contributed by atoms with Gasteiger partial charge in [0.2, 0.25) is 0 Å². The molecule has 3 aromatic carbocycles. The Morgan fingerprint density at radius 2 is 1.16 bits per heavy atom. The molecule has 4 rings (SSSR count). The van der Waals surface area contributed by atoms with E-state index in [1.54, 1.807) is 0 Å². The maximum Gasteiger partial charge on any atom is 0.144 e. The van der Waals surface area contributed by atoms with Crippen LogP contribution >= 0.6 is 0 Å². The lowest BCUT2D eigenvalue weighted by Crippen LogP contribution is -2.44. The predicted octanol–water partition coefficient (Wildman–Crippen LogP) is 4.93. The first kappa shape index (κ1) is 15.8. The number of hydrogen-bond acceptors (Lipinski definition) is 1. The van der Waals surface area contributed by atoms with Gasteiger partial charge in [-0.25, -0.2) is 0 Å². The van der Waals surface area contributed by atoms with Crippen molar-refractivity contribution in [2.75, 3.05) is 0 Å². The summed E-state index contributed by atoms with van der Waals surface area (Å²) in [6, 6.07) is 29.4. The van der Waals surface area contributed by atoms with Crippen LogP contribution in [0.5, 0.6) is 0 Å². The minimum atomic E-state index is -0.461. The van der Waals surface area contributed by atoms with Crippen LogP contribution < -0.4 is 0 Å². The number of rotatable bonds is 4. The second-order valence-corrected chi connectivity index (χ2v) is 6.99. The van der Waals surface area contributed by atoms with Crippen molar-refractivity contribution in [2.24, 2.45) is 0 Å². The molecule has 0 N–H and O–H groups in total. The van der Waals surface area contributed by atoms with E-state index >= 15 is 0 Å². The number of fused-ring (bicyclic) bond motifs is 1. The van der Waals surface area contributed by atoms with Gasteiger partial charge in [0, 0.05) is 6.42 Å². The highest BCUT2D eigenvalue weighted by Gasteiger charge is 2.43. The number of carbonyl (C=O) groups excluding carboxylic acids is 1. The highest BCUT2D eigenvalue weighted by atomic mass is 16.1. The number of benzene rings is 3. The number of ketones is 1. The van der Waals surface area contributed by atoms with Gasteiger partial charge in [0.25, 0.3) is 0 Å². The zero-order chi connectivity index (χ0) is 17.1. The first-order valence-corrected chi connectivity index (χ1v) is 8.97. The lowest BCUT2D eigenvalue weighted by atomic mass is 9.63. The van der Waals surface area contributed by atoms with Gasteiger partial charge in [-0.15, -0.1) is 0 Å². The molecule has 0 unspecified atom stereocenters. The van der Waals surface area contributed by atoms with Crippen molar-refractivity contribution in [2.45, 2.75) is 31.1 Å². The molecule has 0 bridgehead atoms. The molecule has 3 aromatic rings. The molecule has 0 spiro atoms. The minimum Gasteiger partial charge on any atom is -0.299 e. The summed E-state index contributed by atoms with van der Waals surface area (Å²) in [5.41, 5.74) is 4.54. The molecule has 0 amide bonds. The summed E-state index contributed by atoms with van der Waals surface area (Å²) in [5.74, 6) is 0.374. The standard InChI is InChI=1S/C24H22O/c25-23-16-15-21-13-7-8-14-22(21)24(23,17-19-9-3-1-4-10-19)18-20-11-5-2-6-12-20/h1-14H,15-18H2. The molecule has 1 nitrogen and oxygen atoms in total. The second kappa shape index (κ2) is 6.68. The number of Topliss-reactive ketones (excluding diaryl/α,β-unsaturated/α-hetero) is 1. The van der Waals surface area contributed by atoms with Crippen LogP contribution in [0.15, 0.2) is 84.9 Å². The zero-order valence-electron chi connectivity index (χ0n) is 14.3. The molecule has 0 saturated carbocycles. The highest BCUT2D eigenvalue weighted by molar-refractivity contribution is 5.93. The molecule has 0 aliphatic heterocycles. The van der Waals surface area contributed by atoms with Gasteiger partial charge in [-0.1, -0.05) is 84.9 Å². The summed E-state index contributed by atoms with van der Waals surface area (Å²) in [6.45, 7) is 0. The van der Waals surface area contributed by atoms with Gasteiger partial charge >= 0.3 is 0 Å². The van der Waals surface area contributed by atoms with E-state index in [0.717, 1.165) is 19.3 Å². The van der Waals surface area contributed by atoms with E-state index in [9.17, 15) is 4.79 Å². The Labute approximate surface area is 149 Å². The maximum absolute atomic E-state index is 13.3. The van der Waals surface area contributed by atoms with Crippen LogP contribution in [0.3, 0.4) is 0 Å². The van der Waals surface area contributed by atoms with Crippen molar-refractivity contribution in [3.05, 3.63) is 107 Å². The Balaban J connectivity index is 1.85. The third-order valence-corrected chi connectivity index (χ3v) is 5.39. The molecule has 1 aliphatic carbocycles. The van der Waals surface area contributed by atoms with Crippen molar-refractivity contribution in [3.8, 4) is 0 Å². The number of hydrogen-bond donors (Lipinski definition) is 0. The Morgan fingerprint density at radius 1 is 0.640 bits per heavy atom. The molecule has 1 aliphatic rings. The fraction of sp³-hybridized carbons (Fsp3) is 0.208. The summed E-state index contributed by atoms with van der Waals surface area (Å²) < 4.78 is 0. The third-order valence-electron chi connectivity index (χ3n) is 5.39. The summed E-state index contributed by atoms with van der Waals surface area (Å²) in [7, 11) is 0. The lowest BCUT2D eigenvalue weighted by molar-refractivity contribution is -0.125. The van der Waals surface area contributed by atoms with Crippen LogP contribution in [-0.4, -0.2) is 5.78 Å². The summed E-state index contributed by atoms with van der Waals surface area (Å²) in [5, 5.41) is 0. The van der Waals surface area contributed by atoms with Crippen LogP contribution in [0.4, 0.5) is 0 Å². The molecule has 0 saturated heterocycles. The normalized spacial score (nSPS) is 15.6. The lowest BCUT2D eigenvalue weighted by Gasteiger charge is -2.38. The average Bonchev–Trinajstić information content (AvgIpc) is 2.67. The molecule has 1 heteroatoms. The summed E-state index contributed by atoms with van der Waals surface area (Å²) in [6.07, 6.45) is 3.02. The van der Waals surface area contributed by atoms with Gasteiger partial charge in [-0.3, -0.25) is 4.79 Å². The molecule has 25 heavy (non-hydrogen) atoms. The summed E-state index contributed by atoms with van der Waals surface area (Å²) >= 11 is 0. The third kappa shape index (κ3) is 3.02. The number of aryl methyl sites for hydroxylation is 1. The number of carbonyl (C=O) groups is 1. The van der Waals surface area contributed by atoms with Gasteiger partial charge in [0.1, 0.15) is 5.78 Å². The average molecular weight is 326 g/mol. The molecule has 0 radical (unpaired) electrons. The van der Waals surface area contributed by atoms with E-state index in [4.69, 9.17) is 0 Å². The van der Waals surface area contributed by atoms with E-state index in [1.807, 2.05) is 12.1 Å². The maximum atomic E-state index is 13.3. The molecule has 0 heterocycles. The minimum absolute atomic E-state index is 0.374. The molecule has 0 atom stereocenters. The monoisotopic (exact) mass is 326 g/mol. The van der Waals surface area contributed by atoms with E-state index in [2.05, 4.69) is 72.8 Å². The van der Waals surface area contributed by atoms with Crippen LogP contribution in [0, 0.1) is 0 Å². The van der Waals surface area contributed by atoms with Crippen molar-refractivity contribution >= 4 is 5.78 Å². The SMILES string of the molecule is O=C1CCc2ccccc2C1(Cc1ccccc1)Cc1ccccc1. The smallest absolute Gasteiger partial charge is 0.144 e. The van der Waals surface area contributed by atoms with E-state index in [-0.39, 0.29) is 0 Å². The largest absolute Gasteiger partial charge is 0.299 e. The molecule has 0 aromatic heterocycles. The zero-order valence-corrected chi connectivity index (χ0v) is 14.3. The Kier molecular flexibility index (Phi) is 4.23. The van der Waals surface area contributed by atoms with Crippen LogP contribution in [0.25, 0.3) is 0 Å². The fourth-order valence-electron chi connectivity index (χ4n) is 4.18. The quantitative estimate of drug-likeness (QED) is 0.665. The summed E-state index contributed by atoms with van der Waals surface area (Å²) in [4.78, 5) is 13.3.